The number of carbonyl (C=O) groups excluding carboxylic acids is 1. The van der Waals surface area contributed by atoms with E-state index >= 15 is 0 Å². The van der Waals surface area contributed by atoms with Gasteiger partial charge >= 0.3 is 0 Å². The SMILES string of the molecule is C=CC(=O)N1CC(Oc2nc(Nc3ncc(C)s3)cc3c2ccn3C(C)C)C1. The number of anilines is 2. The molecule has 4 heterocycles. The molecule has 1 aliphatic heterocycles. The highest BCUT2D eigenvalue weighted by atomic mass is 32.1. The van der Waals surface area contributed by atoms with Crippen molar-refractivity contribution in [3.63, 3.8) is 0 Å². The third kappa shape index (κ3) is 3.47. The van der Waals surface area contributed by atoms with Gasteiger partial charge in [0.05, 0.1) is 24.0 Å². The van der Waals surface area contributed by atoms with Crippen LogP contribution in [0.15, 0.2) is 37.2 Å². The Hall–Kier alpha value is -2.87. The summed E-state index contributed by atoms with van der Waals surface area (Å²) < 4.78 is 8.35. The molecule has 1 aliphatic rings. The number of pyridine rings is 1. The Morgan fingerprint density at radius 1 is 1.46 bits per heavy atom. The molecule has 0 aromatic carbocycles. The number of nitrogens with zero attached hydrogens (tertiary/aromatic N) is 4. The molecule has 1 fully saturated rings. The number of thiazole rings is 1. The van der Waals surface area contributed by atoms with Crippen LogP contribution in [0, 0.1) is 6.92 Å². The van der Waals surface area contributed by atoms with Crippen LogP contribution in [-0.4, -0.2) is 44.5 Å². The molecule has 28 heavy (non-hydrogen) atoms. The summed E-state index contributed by atoms with van der Waals surface area (Å²) in [7, 11) is 0. The molecule has 0 atom stereocenters. The maximum absolute atomic E-state index is 11.7. The minimum atomic E-state index is -0.0709. The molecule has 3 aromatic heterocycles. The molecular formula is C20H23N5O2S. The first kappa shape index (κ1) is 18.5. The number of aromatic nitrogens is 3. The Morgan fingerprint density at radius 3 is 2.89 bits per heavy atom. The van der Waals surface area contributed by atoms with E-state index in [0.717, 1.165) is 20.9 Å². The van der Waals surface area contributed by atoms with Crippen molar-refractivity contribution >= 4 is 39.1 Å². The fourth-order valence-corrected chi connectivity index (χ4v) is 3.90. The molecular weight excluding hydrogens is 374 g/mol. The maximum Gasteiger partial charge on any atom is 0.246 e. The summed E-state index contributed by atoms with van der Waals surface area (Å²) in [5, 5.41) is 5.04. The number of aryl methyl sites for hydroxylation is 1. The first-order chi connectivity index (χ1) is 13.4. The summed E-state index contributed by atoms with van der Waals surface area (Å²) in [6.45, 7) is 10.9. The van der Waals surface area contributed by atoms with E-state index in [1.807, 2.05) is 25.3 Å². The minimum Gasteiger partial charge on any atom is -0.470 e. The number of ether oxygens (including phenoxy) is 1. The summed E-state index contributed by atoms with van der Waals surface area (Å²) in [5.74, 6) is 1.19. The maximum atomic E-state index is 11.7. The van der Waals surface area contributed by atoms with E-state index in [1.165, 1.54) is 6.08 Å². The van der Waals surface area contributed by atoms with Gasteiger partial charge in [0.15, 0.2) is 5.13 Å². The lowest BCUT2D eigenvalue weighted by atomic mass is 10.1. The van der Waals surface area contributed by atoms with E-state index in [-0.39, 0.29) is 12.0 Å². The monoisotopic (exact) mass is 397 g/mol. The normalized spacial score (nSPS) is 14.4. The van der Waals surface area contributed by atoms with Crippen LogP contribution in [0.5, 0.6) is 5.88 Å². The summed E-state index contributed by atoms with van der Waals surface area (Å²) in [4.78, 5) is 23.5. The second-order valence-corrected chi connectivity index (χ2v) is 8.39. The van der Waals surface area contributed by atoms with Gasteiger partial charge in [0.2, 0.25) is 11.8 Å². The Labute approximate surface area is 167 Å². The number of carbonyl (C=O) groups is 1. The standard InChI is InChI=1S/C20H23N5O2S/c1-5-18(26)24-10-14(11-24)27-19-15-6-7-25(12(2)3)16(15)8-17(22-19)23-20-21-9-13(4)28-20/h5-9,12,14H,1,10-11H2,2-4H3,(H,21,22,23). The van der Waals surface area contributed by atoms with Crippen LogP contribution >= 0.6 is 11.3 Å². The van der Waals surface area contributed by atoms with Crippen molar-refractivity contribution in [3.8, 4) is 5.88 Å². The molecule has 1 amide bonds. The van der Waals surface area contributed by atoms with Gasteiger partial charge < -0.3 is 19.5 Å². The van der Waals surface area contributed by atoms with E-state index in [4.69, 9.17) is 4.74 Å². The predicted molar refractivity (Wildman–Crippen MR) is 111 cm³/mol. The van der Waals surface area contributed by atoms with Crippen molar-refractivity contribution < 1.29 is 9.53 Å². The van der Waals surface area contributed by atoms with Crippen LogP contribution in [0.4, 0.5) is 10.9 Å². The van der Waals surface area contributed by atoms with Gasteiger partial charge in [-0.1, -0.05) is 6.58 Å². The van der Waals surface area contributed by atoms with Crippen LogP contribution in [0.2, 0.25) is 0 Å². The summed E-state index contributed by atoms with van der Waals surface area (Å²) in [6, 6.07) is 4.36. The molecule has 8 heteroatoms. The van der Waals surface area contributed by atoms with Gasteiger partial charge in [0.1, 0.15) is 11.9 Å². The zero-order valence-electron chi connectivity index (χ0n) is 16.2. The van der Waals surface area contributed by atoms with Crippen molar-refractivity contribution in [2.75, 3.05) is 18.4 Å². The lowest BCUT2D eigenvalue weighted by Crippen LogP contribution is -2.55. The Balaban J connectivity index is 1.64. The number of nitrogens with one attached hydrogen (secondary N) is 1. The van der Waals surface area contributed by atoms with Gasteiger partial charge in [0, 0.05) is 29.4 Å². The molecule has 0 spiro atoms. The van der Waals surface area contributed by atoms with Crippen LogP contribution < -0.4 is 10.1 Å². The summed E-state index contributed by atoms with van der Waals surface area (Å²) >= 11 is 1.58. The zero-order chi connectivity index (χ0) is 19.8. The van der Waals surface area contributed by atoms with Gasteiger partial charge in [-0.2, -0.15) is 4.98 Å². The number of rotatable bonds is 6. The molecule has 0 unspecified atom stereocenters. The summed E-state index contributed by atoms with van der Waals surface area (Å²) in [5.41, 5.74) is 1.05. The third-order valence-corrected chi connectivity index (χ3v) is 5.54. The molecule has 0 radical (unpaired) electrons. The molecule has 1 N–H and O–H groups in total. The fourth-order valence-electron chi connectivity index (χ4n) is 3.23. The Bertz CT molecular complexity index is 1030. The molecule has 146 valence electrons. The third-order valence-electron chi connectivity index (χ3n) is 4.71. The first-order valence-corrected chi connectivity index (χ1v) is 10.0. The number of hydrogen-bond acceptors (Lipinski definition) is 6. The molecule has 1 saturated heterocycles. The van der Waals surface area contributed by atoms with E-state index in [1.54, 1.807) is 16.2 Å². The number of likely N-dealkylation sites (tertiary alicyclic amines) is 1. The minimum absolute atomic E-state index is 0.0700. The van der Waals surface area contributed by atoms with Crippen molar-refractivity contribution in [3.05, 3.63) is 42.1 Å². The molecule has 0 bridgehead atoms. The molecule has 4 rings (SSSR count). The quantitative estimate of drug-likeness (QED) is 0.639. The average Bonchev–Trinajstić information content (AvgIpc) is 3.23. The molecule has 0 saturated carbocycles. The summed E-state index contributed by atoms with van der Waals surface area (Å²) in [6.07, 6.45) is 5.14. The largest absolute Gasteiger partial charge is 0.470 e. The highest BCUT2D eigenvalue weighted by Crippen LogP contribution is 2.33. The van der Waals surface area contributed by atoms with Crippen LogP contribution in [0.25, 0.3) is 10.9 Å². The Kier molecular flexibility index (Phi) is 4.80. The van der Waals surface area contributed by atoms with E-state index in [2.05, 4.69) is 46.5 Å². The van der Waals surface area contributed by atoms with Crippen molar-refractivity contribution in [1.82, 2.24) is 19.4 Å². The highest BCUT2D eigenvalue weighted by molar-refractivity contribution is 7.15. The zero-order valence-corrected chi connectivity index (χ0v) is 17.0. The Morgan fingerprint density at radius 2 is 2.25 bits per heavy atom. The first-order valence-electron chi connectivity index (χ1n) is 9.23. The van der Waals surface area contributed by atoms with Crippen molar-refractivity contribution in [1.29, 1.82) is 0 Å². The van der Waals surface area contributed by atoms with Crippen molar-refractivity contribution in [2.24, 2.45) is 0 Å². The number of hydrogen-bond donors (Lipinski definition) is 1. The molecule has 0 aliphatic carbocycles. The van der Waals surface area contributed by atoms with Gasteiger partial charge in [-0.05, 0) is 32.9 Å². The van der Waals surface area contributed by atoms with E-state index < -0.39 is 0 Å². The fraction of sp³-hybridized carbons (Fsp3) is 0.350. The smallest absolute Gasteiger partial charge is 0.246 e. The second kappa shape index (κ2) is 7.27. The number of amides is 1. The number of fused-ring (bicyclic) bond motifs is 1. The average molecular weight is 398 g/mol. The van der Waals surface area contributed by atoms with Crippen LogP contribution in [-0.2, 0) is 4.79 Å². The van der Waals surface area contributed by atoms with Gasteiger partial charge in [-0.25, -0.2) is 4.98 Å². The molecule has 3 aromatic rings. The van der Waals surface area contributed by atoms with Crippen LogP contribution in [0.1, 0.15) is 24.8 Å². The predicted octanol–water partition coefficient (Wildman–Crippen LogP) is 3.90. The van der Waals surface area contributed by atoms with E-state index in [0.29, 0.717) is 30.8 Å². The lowest BCUT2D eigenvalue weighted by molar-refractivity contribution is -0.134. The lowest BCUT2D eigenvalue weighted by Gasteiger charge is -2.38. The van der Waals surface area contributed by atoms with Gasteiger partial charge in [0.25, 0.3) is 0 Å². The van der Waals surface area contributed by atoms with E-state index in [9.17, 15) is 4.79 Å². The van der Waals surface area contributed by atoms with Gasteiger partial charge in [-0.15, -0.1) is 11.3 Å². The van der Waals surface area contributed by atoms with Gasteiger partial charge in [-0.3, -0.25) is 4.79 Å². The van der Waals surface area contributed by atoms with Crippen LogP contribution in [0.3, 0.4) is 0 Å². The second-order valence-electron chi connectivity index (χ2n) is 7.15. The highest BCUT2D eigenvalue weighted by Gasteiger charge is 2.32. The molecule has 7 nitrogen and oxygen atoms in total. The topological polar surface area (TPSA) is 72.3 Å². The van der Waals surface area contributed by atoms with Crippen molar-refractivity contribution in [2.45, 2.75) is 32.9 Å².